The minimum Gasteiger partial charge on any atom is -0.390 e. The molecule has 2 fully saturated rings. The highest BCUT2D eigenvalue weighted by Crippen LogP contribution is 2.34. The molecule has 1 unspecified atom stereocenters. The Hall–Kier alpha value is -0.120. The average Bonchev–Trinajstić information content (AvgIpc) is 2.35. The molecule has 2 rings (SSSR count). The van der Waals surface area contributed by atoms with Gasteiger partial charge < -0.3 is 14.9 Å². The van der Waals surface area contributed by atoms with E-state index in [-0.39, 0.29) is 24.2 Å². The maximum Gasteiger partial charge on any atom is 0.0888 e. The van der Waals surface area contributed by atoms with Crippen LogP contribution in [-0.4, -0.2) is 35.1 Å². The lowest BCUT2D eigenvalue weighted by Gasteiger charge is -2.29. The van der Waals surface area contributed by atoms with Crippen molar-refractivity contribution in [1.82, 2.24) is 0 Å². The van der Waals surface area contributed by atoms with Crippen molar-refractivity contribution < 1.29 is 14.9 Å². The second-order valence-electron chi connectivity index (χ2n) is 3.53. The molecule has 3 nitrogen and oxygen atoms in total. The fraction of sp³-hybridized carbons (Fsp3) is 1.00. The highest BCUT2D eigenvalue weighted by molar-refractivity contribution is 4.91. The Bertz CT molecular complexity index is 146. The van der Waals surface area contributed by atoms with Crippen LogP contribution >= 0.6 is 0 Å². The summed E-state index contributed by atoms with van der Waals surface area (Å²) < 4.78 is 5.28. The molecule has 2 N–H and O–H groups in total. The third kappa shape index (κ3) is 1.17. The summed E-state index contributed by atoms with van der Waals surface area (Å²) in [5.74, 6) is 0.193. The van der Waals surface area contributed by atoms with E-state index in [9.17, 15) is 10.2 Å². The van der Waals surface area contributed by atoms with Gasteiger partial charge in [-0.1, -0.05) is 6.42 Å². The van der Waals surface area contributed by atoms with E-state index in [1.54, 1.807) is 0 Å². The van der Waals surface area contributed by atoms with Gasteiger partial charge in [0.15, 0.2) is 0 Å². The SMILES string of the molecule is O[C@H]1CO[C@H]2C1CCC[C@@H]2O. The third-order valence-electron chi connectivity index (χ3n) is 2.79. The molecule has 0 spiro atoms. The van der Waals surface area contributed by atoms with Gasteiger partial charge in [0.1, 0.15) is 0 Å². The molecular weight excluding hydrogens is 144 g/mol. The quantitative estimate of drug-likeness (QED) is 0.518. The summed E-state index contributed by atoms with van der Waals surface area (Å²) in [7, 11) is 0. The Kier molecular flexibility index (Phi) is 1.87. The van der Waals surface area contributed by atoms with Gasteiger partial charge in [-0.2, -0.15) is 0 Å². The van der Waals surface area contributed by atoms with Crippen LogP contribution in [0.2, 0.25) is 0 Å². The molecule has 64 valence electrons. The monoisotopic (exact) mass is 158 g/mol. The van der Waals surface area contributed by atoms with Crippen LogP contribution < -0.4 is 0 Å². The van der Waals surface area contributed by atoms with Gasteiger partial charge in [-0.25, -0.2) is 0 Å². The average molecular weight is 158 g/mol. The summed E-state index contributed by atoms with van der Waals surface area (Å²) in [5, 5.41) is 18.9. The topological polar surface area (TPSA) is 49.7 Å². The first-order valence-electron chi connectivity index (χ1n) is 4.27. The summed E-state index contributed by atoms with van der Waals surface area (Å²) in [6.07, 6.45) is 2.08. The van der Waals surface area contributed by atoms with Crippen molar-refractivity contribution in [3.05, 3.63) is 0 Å². The molecule has 0 aromatic rings. The molecule has 3 heteroatoms. The zero-order valence-electron chi connectivity index (χ0n) is 6.44. The van der Waals surface area contributed by atoms with Gasteiger partial charge in [0.25, 0.3) is 0 Å². The molecule has 0 aromatic carbocycles. The molecule has 1 aliphatic heterocycles. The predicted octanol–water partition coefficient (Wildman–Crippen LogP) is -0.0929. The van der Waals surface area contributed by atoms with Crippen molar-refractivity contribution in [3.63, 3.8) is 0 Å². The lowest BCUT2D eigenvalue weighted by atomic mass is 9.83. The van der Waals surface area contributed by atoms with Gasteiger partial charge in [0.2, 0.25) is 0 Å². The van der Waals surface area contributed by atoms with Crippen molar-refractivity contribution in [2.24, 2.45) is 5.92 Å². The van der Waals surface area contributed by atoms with Gasteiger partial charge in [-0.3, -0.25) is 0 Å². The molecule has 0 radical (unpaired) electrons. The van der Waals surface area contributed by atoms with Crippen LogP contribution in [0.3, 0.4) is 0 Å². The van der Waals surface area contributed by atoms with Gasteiger partial charge in [0, 0.05) is 5.92 Å². The highest BCUT2D eigenvalue weighted by atomic mass is 16.5. The van der Waals surface area contributed by atoms with Gasteiger partial charge in [-0.15, -0.1) is 0 Å². The standard InChI is InChI=1S/C8H14O3/c9-6-3-1-2-5-7(10)4-11-8(5)6/h5-10H,1-4H2/t5?,6-,7-,8-/m0/s1. The van der Waals surface area contributed by atoms with Crippen LogP contribution in [0.1, 0.15) is 19.3 Å². The second kappa shape index (κ2) is 2.73. The summed E-state index contributed by atoms with van der Waals surface area (Å²) in [6, 6.07) is 0. The number of hydrogen-bond donors (Lipinski definition) is 2. The fourth-order valence-corrected chi connectivity index (χ4v) is 2.16. The highest BCUT2D eigenvalue weighted by Gasteiger charge is 2.42. The first-order valence-corrected chi connectivity index (χ1v) is 4.27. The second-order valence-corrected chi connectivity index (χ2v) is 3.53. The van der Waals surface area contributed by atoms with Crippen molar-refractivity contribution in [2.45, 2.75) is 37.6 Å². The van der Waals surface area contributed by atoms with Crippen molar-refractivity contribution in [3.8, 4) is 0 Å². The number of ether oxygens (including phenoxy) is 1. The number of fused-ring (bicyclic) bond motifs is 1. The van der Waals surface area contributed by atoms with Crippen LogP contribution in [0.25, 0.3) is 0 Å². The number of hydrogen-bond acceptors (Lipinski definition) is 3. The van der Waals surface area contributed by atoms with Crippen LogP contribution in [-0.2, 0) is 4.74 Å². The summed E-state index contributed by atoms with van der Waals surface area (Å²) in [5.41, 5.74) is 0. The summed E-state index contributed by atoms with van der Waals surface area (Å²) >= 11 is 0. The van der Waals surface area contributed by atoms with Crippen LogP contribution in [0, 0.1) is 5.92 Å². The zero-order valence-corrected chi connectivity index (χ0v) is 6.44. The molecule has 4 atom stereocenters. The molecular formula is C8H14O3. The van der Waals surface area contributed by atoms with E-state index in [2.05, 4.69) is 0 Å². The van der Waals surface area contributed by atoms with Crippen LogP contribution in [0.4, 0.5) is 0 Å². The smallest absolute Gasteiger partial charge is 0.0888 e. The number of aliphatic hydroxyl groups is 2. The summed E-state index contributed by atoms with van der Waals surface area (Å²) in [4.78, 5) is 0. The van der Waals surface area contributed by atoms with E-state index >= 15 is 0 Å². The number of rotatable bonds is 0. The van der Waals surface area contributed by atoms with E-state index in [1.807, 2.05) is 0 Å². The normalized spacial score (nSPS) is 50.7. The number of aliphatic hydroxyl groups excluding tert-OH is 2. The molecule has 1 saturated heterocycles. The van der Waals surface area contributed by atoms with Crippen molar-refractivity contribution in [1.29, 1.82) is 0 Å². The molecule has 2 aliphatic rings. The lowest BCUT2D eigenvalue weighted by Crippen LogP contribution is -2.37. The largest absolute Gasteiger partial charge is 0.390 e. The lowest BCUT2D eigenvalue weighted by molar-refractivity contribution is -0.0411. The molecule has 1 aliphatic carbocycles. The van der Waals surface area contributed by atoms with Gasteiger partial charge in [-0.05, 0) is 12.8 Å². The fourth-order valence-electron chi connectivity index (χ4n) is 2.16. The van der Waals surface area contributed by atoms with E-state index < -0.39 is 0 Å². The molecule has 1 saturated carbocycles. The Morgan fingerprint density at radius 3 is 2.64 bits per heavy atom. The van der Waals surface area contributed by atoms with Crippen LogP contribution in [0.5, 0.6) is 0 Å². The Morgan fingerprint density at radius 1 is 1.09 bits per heavy atom. The Labute approximate surface area is 66.0 Å². The van der Waals surface area contributed by atoms with E-state index in [4.69, 9.17) is 4.74 Å². The van der Waals surface area contributed by atoms with E-state index in [1.165, 1.54) is 0 Å². The van der Waals surface area contributed by atoms with Crippen LogP contribution in [0.15, 0.2) is 0 Å². The first kappa shape index (κ1) is 7.53. The van der Waals surface area contributed by atoms with E-state index in [0.717, 1.165) is 19.3 Å². The molecule has 0 bridgehead atoms. The minimum absolute atomic E-state index is 0.0845. The molecule has 0 amide bonds. The van der Waals surface area contributed by atoms with E-state index in [0.29, 0.717) is 6.61 Å². The predicted molar refractivity (Wildman–Crippen MR) is 39.1 cm³/mol. The molecule has 1 heterocycles. The third-order valence-corrected chi connectivity index (χ3v) is 2.79. The Morgan fingerprint density at radius 2 is 1.91 bits per heavy atom. The maximum absolute atomic E-state index is 9.46. The van der Waals surface area contributed by atoms with Gasteiger partial charge >= 0.3 is 0 Å². The maximum atomic E-state index is 9.46. The molecule has 11 heavy (non-hydrogen) atoms. The Balaban J connectivity index is 2.07. The molecule has 0 aromatic heterocycles. The first-order chi connectivity index (χ1) is 5.29. The van der Waals surface area contributed by atoms with Crippen molar-refractivity contribution in [2.75, 3.05) is 6.61 Å². The summed E-state index contributed by atoms with van der Waals surface area (Å²) in [6.45, 7) is 0.409. The zero-order chi connectivity index (χ0) is 7.84. The minimum atomic E-state index is -0.342. The van der Waals surface area contributed by atoms with Crippen molar-refractivity contribution >= 4 is 0 Å². The van der Waals surface area contributed by atoms with Gasteiger partial charge in [0.05, 0.1) is 24.9 Å².